The molecule has 2 heteroatoms. The molecule has 2 saturated heterocycles. The van der Waals surface area contributed by atoms with Crippen LogP contribution in [-0.2, 0) is 0 Å². The standard InChI is InChI=1S/C13H27N2/c1-12(2)14-8-6-13(7-9-14)15(3)10-4-5-11-15/h12-13H,4-11H2,1-3H3/q+1. The molecule has 0 N–H and O–H groups in total. The molecule has 15 heavy (non-hydrogen) atoms. The van der Waals surface area contributed by atoms with Crippen molar-refractivity contribution in [3.05, 3.63) is 0 Å². The highest BCUT2D eigenvalue weighted by molar-refractivity contribution is 4.76. The van der Waals surface area contributed by atoms with E-state index in [1.54, 1.807) is 0 Å². The lowest BCUT2D eigenvalue weighted by molar-refractivity contribution is -0.923. The van der Waals surface area contributed by atoms with Crippen LogP contribution in [0, 0.1) is 0 Å². The number of likely N-dealkylation sites (tertiary alicyclic amines) is 2. The van der Waals surface area contributed by atoms with E-state index in [2.05, 4.69) is 25.8 Å². The number of hydrogen-bond donors (Lipinski definition) is 0. The van der Waals surface area contributed by atoms with Crippen molar-refractivity contribution in [2.75, 3.05) is 33.2 Å². The summed E-state index contributed by atoms with van der Waals surface area (Å²) in [6.07, 6.45) is 5.77. The van der Waals surface area contributed by atoms with E-state index in [1.165, 1.54) is 56.3 Å². The maximum Gasteiger partial charge on any atom is 0.0913 e. The van der Waals surface area contributed by atoms with Crippen LogP contribution in [0.25, 0.3) is 0 Å². The van der Waals surface area contributed by atoms with Gasteiger partial charge in [0.25, 0.3) is 0 Å². The van der Waals surface area contributed by atoms with Crippen LogP contribution in [0.1, 0.15) is 39.5 Å². The average molecular weight is 211 g/mol. The van der Waals surface area contributed by atoms with Gasteiger partial charge >= 0.3 is 0 Å². The summed E-state index contributed by atoms with van der Waals surface area (Å²) in [5, 5.41) is 0. The highest BCUT2D eigenvalue weighted by Crippen LogP contribution is 2.28. The van der Waals surface area contributed by atoms with Gasteiger partial charge in [0, 0.05) is 44.8 Å². The number of rotatable bonds is 2. The van der Waals surface area contributed by atoms with Gasteiger partial charge in [0.05, 0.1) is 26.2 Å². The lowest BCUT2D eigenvalue weighted by Gasteiger charge is -2.43. The largest absolute Gasteiger partial charge is 0.324 e. The first-order valence-electron chi connectivity index (χ1n) is 6.70. The maximum atomic E-state index is 2.64. The van der Waals surface area contributed by atoms with E-state index in [-0.39, 0.29) is 0 Å². The Labute approximate surface area is 94.8 Å². The summed E-state index contributed by atoms with van der Waals surface area (Å²) in [7, 11) is 2.49. The number of hydrogen-bond acceptors (Lipinski definition) is 1. The van der Waals surface area contributed by atoms with E-state index < -0.39 is 0 Å². The van der Waals surface area contributed by atoms with Gasteiger partial charge in [0.15, 0.2) is 0 Å². The quantitative estimate of drug-likeness (QED) is 0.632. The van der Waals surface area contributed by atoms with Crippen molar-refractivity contribution < 1.29 is 4.48 Å². The van der Waals surface area contributed by atoms with Crippen LogP contribution < -0.4 is 0 Å². The lowest BCUT2D eigenvalue weighted by Crippen LogP contribution is -2.55. The Morgan fingerprint density at radius 1 is 1.07 bits per heavy atom. The van der Waals surface area contributed by atoms with Crippen LogP contribution in [0.2, 0.25) is 0 Å². The van der Waals surface area contributed by atoms with Gasteiger partial charge in [-0.1, -0.05) is 0 Å². The fraction of sp³-hybridized carbons (Fsp3) is 1.00. The van der Waals surface area contributed by atoms with Gasteiger partial charge in [-0.25, -0.2) is 0 Å². The lowest BCUT2D eigenvalue weighted by atomic mass is 10.0. The van der Waals surface area contributed by atoms with E-state index in [9.17, 15) is 0 Å². The molecule has 2 rings (SSSR count). The highest BCUT2D eigenvalue weighted by atomic mass is 15.4. The number of nitrogens with zero attached hydrogens (tertiary/aromatic N) is 2. The minimum Gasteiger partial charge on any atom is -0.324 e. The third-order valence-corrected chi connectivity index (χ3v) is 4.70. The Balaban J connectivity index is 1.87. The first-order valence-corrected chi connectivity index (χ1v) is 6.70. The molecule has 2 nitrogen and oxygen atoms in total. The van der Waals surface area contributed by atoms with Crippen molar-refractivity contribution in [3.8, 4) is 0 Å². The molecule has 2 heterocycles. The Hall–Kier alpha value is -0.0800. The smallest absolute Gasteiger partial charge is 0.0913 e. The molecule has 0 atom stereocenters. The third kappa shape index (κ3) is 2.36. The molecule has 0 aromatic carbocycles. The van der Waals surface area contributed by atoms with E-state index in [0.29, 0.717) is 0 Å². The van der Waals surface area contributed by atoms with Gasteiger partial charge < -0.3 is 9.38 Å². The zero-order chi connectivity index (χ0) is 10.9. The third-order valence-electron chi connectivity index (χ3n) is 4.70. The highest BCUT2D eigenvalue weighted by Gasteiger charge is 2.37. The molecule has 0 unspecified atom stereocenters. The second-order valence-corrected chi connectivity index (χ2v) is 5.99. The summed E-state index contributed by atoms with van der Waals surface area (Å²) < 4.78 is 1.38. The first kappa shape index (κ1) is 11.4. The zero-order valence-corrected chi connectivity index (χ0v) is 10.7. The minimum atomic E-state index is 0.745. The summed E-state index contributed by atoms with van der Waals surface area (Å²) in [5.41, 5.74) is 0. The summed E-state index contributed by atoms with van der Waals surface area (Å²) in [5.74, 6) is 0. The van der Waals surface area contributed by atoms with E-state index in [1.807, 2.05) is 0 Å². The molecule has 0 aliphatic carbocycles. The molecular weight excluding hydrogens is 184 g/mol. The van der Waals surface area contributed by atoms with Crippen molar-refractivity contribution in [1.82, 2.24) is 4.90 Å². The molecule has 0 radical (unpaired) electrons. The van der Waals surface area contributed by atoms with Crippen molar-refractivity contribution in [1.29, 1.82) is 0 Å². The van der Waals surface area contributed by atoms with Crippen molar-refractivity contribution in [2.24, 2.45) is 0 Å². The first-order chi connectivity index (χ1) is 7.12. The van der Waals surface area contributed by atoms with Crippen LogP contribution in [0.15, 0.2) is 0 Å². The average Bonchev–Trinajstić information content (AvgIpc) is 2.67. The Morgan fingerprint density at radius 3 is 2.07 bits per heavy atom. The molecule has 2 fully saturated rings. The number of quaternary nitrogens is 1. The SMILES string of the molecule is CC(C)N1CCC([N+]2(C)CCCC2)CC1. The molecular formula is C13H27N2+. The maximum absolute atomic E-state index is 2.64. The number of piperidine rings is 1. The molecule has 0 aromatic heterocycles. The predicted molar refractivity (Wildman–Crippen MR) is 64.9 cm³/mol. The fourth-order valence-electron chi connectivity index (χ4n) is 3.45. The normalized spacial score (nSPS) is 28.8. The van der Waals surface area contributed by atoms with Crippen LogP contribution in [0.4, 0.5) is 0 Å². The fourth-order valence-corrected chi connectivity index (χ4v) is 3.45. The summed E-state index contributed by atoms with van der Waals surface area (Å²) in [6, 6.07) is 1.71. The van der Waals surface area contributed by atoms with Gasteiger partial charge in [0.2, 0.25) is 0 Å². The van der Waals surface area contributed by atoms with E-state index in [0.717, 1.165) is 12.1 Å². The predicted octanol–water partition coefficient (Wildman–Crippen LogP) is 2.10. The van der Waals surface area contributed by atoms with E-state index in [4.69, 9.17) is 0 Å². The van der Waals surface area contributed by atoms with Crippen LogP contribution in [0.5, 0.6) is 0 Å². The van der Waals surface area contributed by atoms with Gasteiger partial charge in [-0.15, -0.1) is 0 Å². The van der Waals surface area contributed by atoms with Crippen molar-refractivity contribution in [2.45, 2.75) is 51.6 Å². The topological polar surface area (TPSA) is 3.24 Å². The molecule has 0 bridgehead atoms. The summed E-state index contributed by atoms with van der Waals surface area (Å²) in [6.45, 7) is 10.2. The molecule has 0 spiro atoms. The van der Waals surface area contributed by atoms with Crippen LogP contribution in [-0.4, -0.2) is 54.7 Å². The Morgan fingerprint density at radius 2 is 1.60 bits per heavy atom. The molecule has 0 saturated carbocycles. The molecule has 88 valence electrons. The molecule has 0 aromatic rings. The van der Waals surface area contributed by atoms with Crippen molar-refractivity contribution in [3.63, 3.8) is 0 Å². The second kappa shape index (κ2) is 4.42. The van der Waals surface area contributed by atoms with Crippen LogP contribution in [0.3, 0.4) is 0 Å². The van der Waals surface area contributed by atoms with Gasteiger partial charge in [0.1, 0.15) is 0 Å². The Kier molecular flexibility index (Phi) is 3.36. The Bertz CT molecular complexity index is 199. The van der Waals surface area contributed by atoms with Crippen LogP contribution >= 0.6 is 0 Å². The summed E-state index contributed by atoms with van der Waals surface area (Å²) >= 11 is 0. The van der Waals surface area contributed by atoms with Gasteiger partial charge in [-0.3, -0.25) is 0 Å². The molecule has 2 aliphatic rings. The summed E-state index contributed by atoms with van der Waals surface area (Å²) in [4.78, 5) is 2.64. The minimum absolute atomic E-state index is 0.745. The van der Waals surface area contributed by atoms with Gasteiger partial charge in [-0.05, 0) is 13.8 Å². The zero-order valence-electron chi connectivity index (χ0n) is 10.7. The molecule has 2 aliphatic heterocycles. The van der Waals surface area contributed by atoms with Gasteiger partial charge in [-0.2, -0.15) is 0 Å². The molecule has 0 amide bonds. The second-order valence-electron chi connectivity index (χ2n) is 5.99. The van der Waals surface area contributed by atoms with Crippen molar-refractivity contribution >= 4 is 0 Å². The van der Waals surface area contributed by atoms with E-state index >= 15 is 0 Å². The monoisotopic (exact) mass is 211 g/mol.